The molecule has 3 aromatic rings. The van der Waals surface area contributed by atoms with Gasteiger partial charge in [-0.1, -0.05) is 42.5 Å². The Morgan fingerprint density at radius 1 is 0.938 bits per heavy atom. The van der Waals surface area contributed by atoms with Gasteiger partial charge >= 0.3 is 5.97 Å². The minimum Gasteiger partial charge on any atom is -0.489 e. The van der Waals surface area contributed by atoms with E-state index >= 15 is 0 Å². The zero-order chi connectivity index (χ0) is 22.9. The highest BCUT2D eigenvalue weighted by Gasteiger charge is 2.23. The SMILES string of the molecule is COCCOC(=O)c1c(C)[nH]c(C(=O)NCc2ccccc2COc2ccccc2)c1C. The molecule has 3 rings (SSSR count). The van der Waals surface area contributed by atoms with E-state index in [2.05, 4.69) is 10.3 Å². The number of methoxy groups -OCH3 is 1. The number of H-pyrrole nitrogens is 1. The van der Waals surface area contributed by atoms with Gasteiger partial charge in [0.1, 0.15) is 24.7 Å². The van der Waals surface area contributed by atoms with Crippen LogP contribution in [0, 0.1) is 13.8 Å². The Morgan fingerprint density at radius 2 is 1.62 bits per heavy atom. The summed E-state index contributed by atoms with van der Waals surface area (Å²) in [6.07, 6.45) is 0. The second-order valence-corrected chi connectivity index (χ2v) is 7.31. The van der Waals surface area contributed by atoms with Crippen molar-refractivity contribution in [3.05, 3.63) is 88.2 Å². The maximum Gasteiger partial charge on any atom is 0.340 e. The molecule has 0 saturated carbocycles. The molecule has 1 amide bonds. The number of esters is 1. The normalized spacial score (nSPS) is 10.6. The number of aromatic amines is 1. The molecule has 0 aliphatic rings. The molecule has 7 heteroatoms. The quantitative estimate of drug-likeness (QED) is 0.371. The van der Waals surface area contributed by atoms with Crippen molar-refractivity contribution >= 4 is 11.9 Å². The van der Waals surface area contributed by atoms with Crippen LogP contribution in [0.15, 0.2) is 54.6 Å². The summed E-state index contributed by atoms with van der Waals surface area (Å²) >= 11 is 0. The Morgan fingerprint density at radius 3 is 2.34 bits per heavy atom. The van der Waals surface area contributed by atoms with Crippen LogP contribution < -0.4 is 10.1 Å². The van der Waals surface area contributed by atoms with E-state index in [9.17, 15) is 9.59 Å². The molecule has 0 spiro atoms. The van der Waals surface area contributed by atoms with E-state index in [4.69, 9.17) is 14.2 Å². The van der Waals surface area contributed by atoms with E-state index in [0.717, 1.165) is 16.9 Å². The van der Waals surface area contributed by atoms with Gasteiger partial charge in [0.2, 0.25) is 0 Å². The van der Waals surface area contributed by atoms with Crippen LogP contribution in [0.1, 0.15) is 43.2 Å². The first-order chi connectivity index (χ1) is 15.5. The molecular weight excluding hydrogens is 408 g/mol. The number of nitrogens with one attached hydrogen (secondary N) is 2. The number of rotatable bonds is 10. The molecule has 0 unspecified atom stereocenters. The van der Waals surface area contributed by atoms with E-state index in [1.54, 1.807) is 13.8 Å². The van der Waals surface area contributed by atoms with Gasteiger partial charge in [-0.25, -0.2) is 4.79 Å². The lowest BCUT2D eigenvalue weighted by Gasteiger charge is -2.12. The highest BCUT2D eigenvalue weighted by Crippen LogP contribution is 2.20. The Bertz CT molecular complexity index is 1060. The fourth-order valence-corrected chi connectivity index (χ4v) is 3.39. The highest BCUT2D eigenvalue weighted by molar-refractivity contribution is 6.00. The predicted octanol–water partition coefficient (Wildman–Crippen LogP) is 3.94. The standard InChI is InChI=1S/C25H28N2O5/c1-17-22(25(29)31-14-13-30-3)18(2)27-23(17)24(28)26-15-19-9-7-8-10-20(19)16-32-21-11-5-4-6-12-21/h4-12,27H,13-16H2,1-3H3,(H,26,28). The predicted molar refractivity (Wildman–Crippen MR) is 121 cm³/mol. The molecule has 0 aliphatic carbocycles. The second-order valence-electron chi connectivity index (χ2n) is 7.31. The number of hydrogen-bond acceptors (Lipinski definition) is 5. The van der Waals surface area contributed by atoms with E-state index in [1.165, 1.54) is 7.11 Å². The van der Waals surface area contributed by atoms with Crippen molar-refractivity contribution in [2.45, 2.75) is 27.0 Å². The molecule has 0 saturated heterocycles. The summed E-state index contributed by atoms with van der Waals surface area (Å²) in [5.74, 6) is 0.0183. The Labute approximate surface area is 187 Å². The van der Waals surface area contributed by atoms with Gasteiger partial charge < -0.3 is 24.5 Å². The van der Waals surface area contributed by atoms with Crippen LogP contribution >= 0.6 is 0 Å². The molecule has 1 aromatic heterocycles. The Balaban J connectivity index is 1.65. The third kappa shape index (κ3) is 5.76. The fraction of sp³-hybridized carbons (Fsp3) is 0.280. The van der Waals surface area contributed by atoms with Crippen LogP contribution in [0.2, 0.25) is 0 Å². The summed E-state index contributed by atoms with van der Waals surface area (Å²) < 4.78 is 16.0. The first-order valence-corrected chi connectivity index (χ1v) is 10.4. The van der Waals surface area contributed by atoms with Gasteiger partial charge in [-0.2, -0.15) is 0 Å². The van der Waals surface area contributed by atoms with Crippen molar-refractivity contribution in [1.29, 1.82) is 0 Å². The smallest absolute Gasteiger partial charge is 0.340 e. The van der Waals surface area contributed by atoms with Gasteiger partial charge in [-0.15, -0.1) is 0 Å². The van der Waals surface area contributed by atoms with Crippen LogP contribution in [-0.2, 0) is 22.6 Å². The van der Waals surface area contributed by atoms with Gasteiger partial charge in [0.25, 0.3) is 5.91 Å². The summed E-state index contributed by atoms with van der Waals surface area (Å²) in [6.45, 7) is 4.67. The number of para-hydroxylation sites is 1. The molecule has 0 bridgehead atoms. The minimum atomic E-state index is -0.476. The van der Waals surface area contributed by atoms with Gasteiger partial charge in [-0.3, -0.25) is 4.79 Å². The molecule has 2 N–H and O–H groups in total. The Kier molecular flexibility index (Phi) is 8.05. The molecule has 32 heavy (non-hydrogen) atoms. The molecule has 7 nitrogen and oxygen atoms in total. The zero-order valence-electron chi connectivity index (χ0n) is 18.6. The van der Waals surface area contributed by atoms with Crippen LogP contribution in [-0.4, -0.2) is 37.2 Å². The van der Waals surface area contributed by atoms with Gasteiger partial charge in [-0.05, 0) is 42.7 Å². The van der Waals surface area contributed by atoms with Gasteiger partial charge in [0.05, 0.1) is 12.2 Å². The largest absolute Gasteiger partial charge is 0.489 e. The summed E-state index contributed by atoms with van der Waals surface area (Å²) in [6, 6.07) is 17.4. The number of hydrogen-bond donors (Lipinski definition) is 2. The molecule has 0 aliphatic heterocycles. The third-order valence-corrected chi connectivity index (χ3v) is 5.08. The van der Waals surface area contributed by atoms with Crippen LogP contribution in [0.5, 0.6) is 5.75 Å². The number of amides is 1. The molecular formula is C25H28N2O5. The summed E-state index contributed by atoms with van der Waals surface area (Å²) in [4.78, 5) is 28.2. The van der Waals surface area contributed by atoms with E-state index in [0.29, 0.717) is 42.3 Å². The third-order valence-electron chi connectivity index (χ3n) is 5.08. The zero-order valence-corrected chi connectivity index (χ0v) is 18.6. The number of benzene rings is 2. The maximum atomic E-state index is 12.8. The minimum absolute atomic E-state index is 0.156. The number of ether oxygens (including phenoxy) is 3. The number of carbonyl (C=O) groups is 2. The number of carbonyl (C=O) groups excluding carboxylic acids is 2. The number of aromatic nitrogens is 1. The lowest BCUT2D eigenvalue weighted by atomic mass is 10.1. The molecule has 168 valence electrons. The fourth-order valence-electron chi connectivity index (χ4n) is 3.39. The van der Waals surface area contributed by atoms with E-state index in [-0.39, 0.29) is 12.5 Å². The van der Waals surface area contributed by atoms with Crippen molar-refractivity contribution in [1.82, 2.24) is 10.3 Å². The summed E-state index contributed by atoms with van der Waals surface area (Å²) in [7, 11) is 1.54. The average Bonchev–Trinajstić information content (AvgIpc) is 3.11. The molecule has 0 radical (unpaired) electrons. The molecule has 1 heterocycles. The molecule has 2 aromatic carbocycles. The second kappa shape index (κ2) is 11.2. The average molecular weight is 437 g/mol. The maximum absolute atomic E-state index is 12.8. The lowest BCUT2D eigenvalue weighted by molar-refractivity contribution is 0.0387. The van der Waals surface area contributed by atoms with Gasteiger partial charge in [0.15, 0.2) is 0 Å². The van der Waals surface area contributed by atoms with Crippen molar-refractivity contribution in [3.8, 4) is 5.75 Å². The molecule has 0 atom stereocenters. The van der Waals surface area contributed by atoms with Crippen LogP contribution in [0.3, 0.4) is 0 Å². The first kappa shape index (κ1) is 23.1. The lowest BCUT2D eigenvalue weighted by Crippen LogP contribution is -2.24. The van der Waals surface area contributed by atoms with E-state index in [1.807, 2.05) is 54.6 Å². The number of aryl methyl sites for hydroxylation is 1. The van der Waals surface area contributed by atoms with E-state index < -0.39 is 5.97 Å². The van der Waals surface area contributed by atoms with Crippen LogP contribution in [0.4, 0.5) is 0 Å². The van der Waals surface area contributed by atoms with Crippen molar-refractivity contribution in [2.75, 3.05) is 20.3 Å². The first-order valence-electron chi connectivity index (χ1n) is 10.4. The summed E-state index contributed by atoms with van der Waals surface area (Å²) in [5.41, 5.74) is 3.81. The van der Waals surface area contributed by atoms with Crippen molar-refractivity contribution in [2.24, 2.45) is 0 Å². The monoisotopic (exact) mass is 436 g/mol. The van der Waals surface area contributed by atoms with Gasteiger partial charge in [0, 0.05) is 19.3 Å². The molecule has 0 fully saturated rings. The highest BCUT2D eigenvalue weighted by atomic mass is 16.6. The Hall–Kier alpha value is -3.58. The topological polar surface area (TPSA) is 89.7 Å². The summed E-state index contributed by atoms with van der Waals surface area (Å²) in [5, 5.41) is 2.93. The van der Waals surface area contributed by atoms with Crippen molar-refractivity contribution < 1.29 is 23.8 Å². The van der Waals surface area contributed by atoms with Crippen molar-refractivity contribution in [3.63, 3.8) is 0 Å². The van der Waals surface area contributed by atoms with Crippen LogP contribution in [0.25, 0.3) is 0 Å².